The van der Waals surface area contributed by atoms with Crippen LogP contribution in [0.2, 0.25) is 0 Å². The van der Waals surface area contributed by atoms with Gasteiger partial charge in [-0.15, -0.1) is 0 Å². The van der Waals surface area contributed by atoms with Crippen LogP contribution >= 0.6 is 11.8 Å². The molecule has 0 aliphatic carbocycles. The van der Waals surface area contributed by atoms with Gasteiger partial charge < -0.3 is 4.74 Å². The van der Waals surface area contributed by atoms with Crippen LogP contribution in [0.4, 0.5) is 0 Å². The fourth-order valence-electron chi connectivity index (χ4n) is 2.06. The average molecular weight is 270 g/mol. The van der Waals surface area contributed by atoms with E-state index in [0.717, 1.165) is 24.3 Å². The van der Waals surface area contributed by atoms with Gasteiger partial charge in [0, 0.05) is 17.5 Å². The molecule has 2 unspecified atom stereocenters. The van der Waals surface area contributed by atoms with E-state index in [1.165, 1.54) is 4.57 Å². The summed E-state index contributed by atoms with van der Waals surface area (Å²) < 4.78 is 7.34. The van der Waals surface area contributed by atoms with Gasteiger partial charge in [0.2, 0.25) is 0 Å². The Bertz CT molecular complexity index is 523. The maximum Gasteiger partial charge on any atom is 0.330 e. The Labute approximate surface area is 110 Å². The number of aryl methyl sites for hydroxylation is 1. The Kier molecular flexibility index (Phi) is 4.29. The van der Waals surface area contributed by atoms with Gasteiger partial charge in [-0.2, -0.15) is 11.8 Å². The van der Waals surface area contributed by atoms with Gasteiger partial charge in [0.05, 0.1) is 6.10 Å². The van der Waals surface area contributed by atoms with Crippen molar-refractivity contribution in [1.29, 1.82) is 0 Å². The summed E-state index contributed by atoms with van der Waals surface area (Å²) >= 11 is 1.84. The summed E-state index contributed by atoms with van der Waals surface area (Å²) in [7, 11) is 0. The van der Waals surface area contributed by atoms with Crippen LogP contribution in [0.3, 0.4) is 0 Å². The number of ether oxygens (including phenoxy) is 1. The van der Waals surface area contributed by atoms with Crippen LogP contribution in [0, 0.1) is 6.92 Å². The van der Waals surface area contributed by atoms with Crippen molar-refractivity contribution in [2.24, 2.45) is 0 Å². The fourth-order valence-corrected chi connectivity index (χ4v) is 2.81. The van der Waals surface area contributed by atoms with Crippen LogP contribution in [0.15, 0.2) is 15.8 Å². The first-order chi connectivity index (χ1) is 8.61. The van der Waals surface area contributed by atoms with Crippen LogP contribution < -0.4 is 11.2 Å². The number of aromatic nitrogens is 2. The highest BCUT2D eigenvalue weighted by Gasteiger charge is 2.27. The molecular weight excluding hydrogens is 252 g/mol. The van der Waals surface area contributed by atoms with E-state index in [-0.39, 0.29) is 23.6 Å². The molecule has 1 N–H and O–H groups in total. The van der Waals surface area contributed by atoms with E-state index in [0.29, 0.717) is 5.56 Å². The van der Waals surface area contributed by atoms with Gasteiger partial charge in [0.15, 0.2) is 0 Å². The van der Waals surface area contributed by atoms with Crippen molar-refractivity contribution in [3.05, 3.63) is 32.6 Å². The lowest BCUT2D eigenvalue weighted by Gasteiger charge is -2.15. The molecule has 1 fully saturated rings. The average Bonchev–Trinajstić information content (AvgIpc) is 2.79. The molecule has 1 aromatic rings. The molecular formula is C12H18N2O3S. The van der Waals surface area contributed by atoms with Crippen LogP contribution in [0.5, 0.6) is 0 Å². The normalized spacial score (nSPS) is 23.4. The van der Waals surface area contributed by atoms with E-state index in [2.05, 4.69) is 11.9 Å². The topological polar surface area (TPSA) is 64.1 Å². The predicted molar refractivity (Wildman–Crippen MR) is 72.2 cm³/mol. The highest BCUT2D eigenvalue weighted by atomic mass is 32.2. The lowest BCUT2D eigenvalue weighted by Crippen LogP contribution is -2.33. The summed E-state index contributed by atoms with van der Waals surface area (Å²) in [5, 5.41) is 0. The minimum atomic E-state index is -0.389. The third kappa shape index (κ3) is 2.87. The second-order valence-electron chi connectivity index (χ2n) is 4.43. The number of H-pyrrole nitrogens is 1. The molecule has 5 nitrogen and oxygen atoms in total. The molecule has 2 rings (SSSR count). The second kappa shape index (κ2) is 5.75. The Morgan fingerprint density at radius 1 is 1.50 bits per heavy atom. The zero-order chi connectivity index (χ0) is 13.1. The minimum Gasteiger partial charge on any atom is -0.354 e. The van der Waals surface area contributed by atoms with Crippen LogP contribution in [0.25, 0.3) is 0 Å². The number of rotatable bonds is 4. The van der Waals surface area contributed by atoms with Gasteiger partial charge in [-0.1, -0.05) is 6.92 Å². The lowest BCUT2D eigenvalue weighted by atomic mass is 10.2. The number of hydrogen-bond donors (Lipinski definition) is 1. The van der Waals surface area contributed by atoms with E-state index in [1.807, 2.05) is 11.8 Å². The van der Waals surface area contributed by atoms with E-state index in [1.54, 1.807) is 13.1 Å². The number of nitrogens with one attached hydrogen (secondary N) is 1. The molecule has 100 valence electrons. The highest BCUT2D eigenvalue weighted by Crippen LogP contribution is 2.28. The zero-order valence-corrected chi connectivity index (χ0v) is 11.5. The third-order valence-electron chi connectivity index (χ3n) is 3.05. The molecule has 18 heavy (non-hydrogen) atoms. The zero-order valence-electron chi connectivity index (χ0n) is 10.6. The van der Waals surface area contributed by atoms with Gasteiger partial charge >= 0.3 is 5.69 Å². The maximum absolute atomic E-state index is 11.7. The molecule has 1 aromatic heterocycles. The largest absolute Gasteiger partial charge is 0.354 e. The van der Waals surface area contributed by atoms with Gasteiger partial charge in [0.1, 0.15) is 6.23 Å². The van der Waals surface area contributed by atoms with E-state index in [9.17, 15) is 9.59 Å². The molecule has 1 aliphatic heterocycles. The number of hydrogen-bond acceptors (Lipinski definition) is 4. The number of aromatic amines is 1. The SMILES string of the molecule is CCSCC1CCC(n2cc(C)c(=O)[nH]c2=O)O1. The molecule has 6 heteroatoms. The molecule has 0 saturated carbocycles. The molecule has 0 bridgehead atoms. The first-order valence-corrected chi connectivity index (χ1v) is 7.32. The predicted octanol–water partition coefficient (Wildman–Crippen LogP) is 1.28. The first-order valence-electron chi connectivity index (χ1n) is 6.17. The summed E-state index contributed by atoms with van der Waals surface area (Å²) in [6, 6.07) is 0. The van der Waals surface area contributed by atoms with Crippen molar-refractivity contribution in [3.63, 3.8) is 0 Å². The van der Waals surface area contributed by atoms with E-state index in [4.69, 9.17) is 4.74 Å². The molecule has 0 aromatic carbocycles. The first kappa shape index (κ1) is 13.4. The van der Waals surface area contributed by atoms with Crippen molar-refractivity contribution < 1.29 is 4.74 Å². The van der Waals surface area contributed by atoms with Crippen molar-refractivity contribution in [3.8, 4) is 0 Å². The van der Waals surface area contributed by atoms with Gasteiger partial charge in [-0.05, 0) is 25.5 Å². The van der Waals surface area contributed by atoms with Crippen molar-refractivity contribution >= 4 is 11.8 Å². The second-order valence-corrected chi connectivity index (χ2v) is 5.75. The summed E-state index contributed by atoms with van der Waals surface area (Å²) in [5.74, 6) is 2.03. The van der Waals surface area contributed by atoms with Crippen molar-refractivity contribution in [2.75, 3.05) is 11.5 Å². The standard InChI is InChI=1S/C12H18N2O3S/c1-3-18-7-9-4-5-10(17-9)14-6-8(2)11(15)13-12(14)16/h6,9-10H,3-5,7H2,1-2H3,(H,13,15,16). The third-order valence-corrected chi connectivity index (χ3v) is 4.06. The molecule has 0 spiro atoms. The summed E-state index contributed by atoms with van der Waals surface area (Å²) in [6.07, 6.45) is 3.33. The quantitative estimate of drug-likeness (QED) is 0.895. The maximum atomic E-state index is 11.7. The van der Waals surface area contributed by atoms with E-state index < -0.39 is 0 Å². The molecule has 1 aliphatic rings. The Morgan fingerprint density at radius 3 is 3.00 bits per heavy atom. The highest BCUT2D eigenvalue weighted by molar-refractivity contribution is 7.99. The molecule has 0 amide bonds. The molecule has 2 heterocycles. The Morgan fingerprint density at radius 2 is 2.28 bits per heavy atom. The Hall–Kier alpha value is -1.01. The number of nitrogens with zero attached hydrogens (tertiary/aromatic N) is 1. The Balaban J connectivity index is 2.12. The minimum absolute atomic E-state index is 0.207. The lowest BCUT2D eigenvalue weighted by molar-refractivity contribution is 0.00991. The van der Waals surface area contributed by atoms with Crippen LogP contribution in [0.1, 0.15) is 31.6 Å². The van der Waals surface area contributed by atoms with Crippen LogP contribution in [-0.4, -0.2) is 27.2 Å². The summed E-state index contributed by atoms with van der Waals surface area (Å²) in [6.45, 7) is 3.81. The van der Waals surface area contributed by atoms with E-state index >= 15 is 0 Å². The van der Waals surface area contributed by atoms with Crippen molar-refractivity contribution in [2.45, 2.75) is 39.0 Å². The fraction of sp³-hybridized carbons (Fsp3) is 0.667. The molecule has 1 saturated heterocycles. The monoisotopic (exact) mass is 270 g/mol. The molecule has 2 atom stereocenters. The number of thioether (sulfide) groups is 1. The summed E-state index contributed by atoms with van der Waals surface area (Å²) in [4.78, 5) is 25.3. The van der Waals surface area contributed by atoms with Gasteiger partial charge in [-0.25, -0.2) is 4.79 Å². The summed E-state index contributed by atoms with van der Waals surface area (Å²) in [5.41, 5.74) is -0.184. The van der Waals surface area contributed by atoms with Crippen molar-refractivity contribution in [1.82, 2.24) is 9.55 Å². The van der Waals surface area contributed by atoms with Gasteiger partial charge in [-0.3, -0.25) is 14.3 Å². The van der Waals surface area contributed by atoms with Crippen LogP contribution in [-0.2, 0) is 4.74 Å². The molecule has 0 radical (unpaired) electrons. The van der Waals surface area contributed by atoms with Gasteiger partial charge in [0.25, 0.3) is 5.56 Å². The smallest absolute Gasteiger partial charge is 0.330 e.